The van der Waals surface area contributed by atoms with E-state index in [2.05, 4.69) is 33.5 Å². The van der Waals surface area contributed by atoms with E-state index in [0.29, 0.717) is 11.8 Å². The molecular weight excluding hydrogens is 471 g/mol. The Hall–Kier alpha value is -3.46. The van der Waals surface area contributed by atoms with Crippen LogP contribution in [0, 0.1) is 12.7 Å². The van der Waals surface area contributed by atoms with Crippen molar-refractivity contribution in [3.63, 3.8) is 0 Å². The van der Waals surface area contributed by atoms with Crippen molar-refractivity contribution in [2.24, 2.45) is 0 Å². The van der Waals surface area contributed by atoms with Crippen LogP contribution in [0.15, 0.2) is 42.6 Å². The predicted octanol–water partition coefficient (Wildman–Crippen LogP) is 4.06. The maximum Gasteiger partial charge on any atom is 0.228 e. The maximum atomic E-state index is 13.6. The largest absolute Gasteiger partial charge is 0.490 e. The van der Waals surface area contributed by atoms with Crippen molar-refractivity contribution in [1.82, 2.24) is 15.0 Å². The monoisotopic (exact) mass is 506 g/mol. The Bertz CT molecular complexity index is 1220. The smallest absolute Gasteiger partial charge is 0.228 e. The van der Waals surface area contributed by atoms with E-state index >= 15 is 0 Å². The molecule has 2 atom stereocenters. The summed E-state index contributed by atoms with van der Waals surface area (Å²) in [6.07, 6.45) is 3.98. The Morgan fingerprint density at radius 3 is 2.51 bits per heavy atom. The van der Waals surface area contributed by atoms with E-state index < -0.39 is 0 Å². The summed E-state index contributed by atoms with van der Waals surface area (Å²) in [5, 5.41) is 9.00. The Morgan fingerprint density at radius 2 is 1.84 bits per heavy atom. The normalized spacial score (nSPS) is 20.0. The van der Waals surface area contributed by atoms with Crippen LogP contribution in [0.1, 0.15) is 32.3 Å². The molecule has 0 unspecified atom stereocenters. The van der Waals surface area contributed by atoms with Crippen LogP contribution in [0.3, 0.4) is 0 Å². The second-order valence-electron chi connectivity index (χ2n) is 9.97. The summed E-state index contributed by atoms with van der Waals surface area (Å²) in [6.45, 7) is 10.0. The van der Waals surface area contributed by atoms with Crippen molar-refractivity contribution in [2.75, 3.05) is 54.1 Å². The van der Waals surface area contributed by atoms with Gasteiger partial charge in [0.25, 0.3) is 0 Å². The molecule has 2 fully saturated rings. The molecule has 2 aliphatic heterocycles. The molecule has 2 aromatic heterocycles. The minimum absolute atomic E-state index is 0.0232. The van der Waals surface area contributed by atoms with Crippen LogP contribution in [0.5, 0.6) is 5.75 Å². The lowest BCUT2D eigenvalue weighted by molar-refractivity contribution is 0.201. The van der Waals surface area contributed by atoms with Crippen LogP contribution in [0.4, 0.5) is 22.0 Å². The van der Waals surface area contributed by atoms with Crippen molar-refractivity contribution >= 4 is 17.6 Å². The van der Waals surface area contributed by atoms with Crippen molar-refractivity contribution in [3.8, 4) is 17.0 Å². The first-order valence-corrected chi connectivity index (χ1v) is 13.1. The predicted molar refractivity (Wildman–Crippen MR) is 144 cm³/mol. The maximum absolute atomic E-state index is 13.6. The van der Waals surface area contributed by atoms with Gasteiger partial charge in [-0.3, -0.25) is 0 Å². The van der Waals surface area contributed by atoms with Gasteiger partial charge in [0.1, 0.15) is 29.8 Å². The number of hydrogen-bond donors (Lipinski definition) is 1. The van der Waals surface area contributed by atoms with Crippen molar-refractivity contribution in [3.05, 3.63) is 54.0 Å². The van der Waals surface area contributed by atoms with E-state index in [4.69, 9.17) is 19.8 Å². The zero-order chi connectivity index (χ0) is 25.9. The standard InChI is InChI=1S/C28H35FN6O2/c1-19-15-24(37-14-13-36)17-30-27(19)33-11-12-34(21(3)18-33)26-16-25(22-6-8-23(29)9-7-22)31-28(32-26)35-10-4-5-20(35)2/h6-9,15-17,20-21,36H,4-5,10-14,18H2,1-3H3/t20-,21-/m1/s1. The number of pyridine rings is 1. The van der Waals surface area contributed by atoms with Crippen LogP contribution in [-0.4, -0.2) is 71.5 Å². The number of halogens is 1. The minimum atomic E-state index is -0.256. The number of aryl methyl sites for hydroxylation is 1. The van der Waals surface area contributed by atoms with Gasteiger partial charge in [-0.2, -0.15) is 4.98 Å². The molecule has 2 aliphatic rings. The lowest BCUT2D eigenvalue weighted by atomic mass is 10.1. The Morgan fingerprint density at radius 1 is 1.03 bits per heavy atom. The summed E-state index contributed by atoms with van der Waals surface area (Å²) in [6, 6.07) is 11.1. The summed E-state index contributed by atoms with van der Waals surface area (Å²) >= 11 is 0. The average Bonchev–Trinajstić information content (AvgIpc) is 3.33. The zero-order valence-corrected chi connectivity index (χ0v) is 21.8. The summed E-state index contributed by atoms with van der Waals surface area (Å²) in [5.74, 6) is 3.00. The van der Waals surface area contributed by atoms with E-state index in [-0.39, 0.29) is 25.1 Å². The van der Waals surface area contributed by atoms with Gasteiger partial charge in [-0.25, -0.2) is 14.4 Å². The lowest BCUT2D eigenvalue weighted by Crippen LogP contribution is -2.53. The Labute approximate surface area is 217 Å². The van der Waals surface area contributed by atoms with Crippen LogP contribution in [-0.2, 0) is 0 Å². The van der Waals surface area contributed by atoms with Crippen LogP contribution < -0.4 is 19.4 Å². The minimum Gasteiger partial charge on any atom is -0.490 e. The molecule has 9 heteroatoms. The number of hydrogen-bond acceptors (Lipinski definition) is 8. The molecule has 0 spiro atoms. The highest BCUT2D eigenvalue weighted by atomic mass is 19.1. The second-order valence-corrected chi connectivity index (χ2v) is 9.97. The number of nitrogens with zero attached hydrogens (tertiary/aromatic N) is 6. The Kier molecular flexibility index (Phi) is 7.41. The first-order valence-electron chi connectivity index (χ1n) is 13.1. The van der Waals surface area contributed by atoms with Gasteiger partial charge in [-0.15, -0.1) is 0 Å². The molecule has 0 radical (unpaired) electrons. The van der Waals surface area contributed by atoms with Gasteiger partial charge in [0.15, 0.2) is 0 Å². The number of piperazine rings is 1. The summed E-state index contributed by atoms with van der Waals surface area (Å²) in [5.41, 5.74) is 2.74. The number of anilines is 3. The number of benzene rings is 1. The van der Waals surface area contributed by atoms with Gasteiger partial charge in [0.05, 0.1) is 18.5 Å². The van der Waals surface area contributed by atoms with Gasteiger partial charge in [0, 0.05) is 49.9 Å². The number of rotatable bonds is 7. The van der Waals surface area contributed by atoms with E-state index in [1.165, 1.54) is 12.1 Å². The topological polar surface area (TPSA) is 77.9 Å². The summed E-state index contributed by atoms with van der Waals surface area (Å²) < 4.78 is 19.1. The van der Waals surface area contributed by atoms with Gasteiger partial charge < -0.3 is 24.5 Å². The summed E-state index contributed by atoms with van der Waals surface area (Å²) in [4.78, 5) is 21.5. The molecule has 37 heavy (non-hydrogen) atoms. The number of aromatic nitrogens is 3. The number of aliphatic hydroxyl groups excluding tert-OH is 1. The lowest BCUT2D eigenvalue weighted by Gasteiger charge is -2.41. The number of ether oxygens (including phenoxy) is 1. The molecule has 5 rings (SSSR count). The second kappa shape index (κ2) is 10.9. The van der Waals surface area contributed by atoms with E-state index in [1.807, 2.05) is 19.1 Å². The molecule has 4 heterocycles. The van der Waals surface area contributed by atoms with E-state index in [1.54, 1.807) is 18.3 Å². The van der Waals surface area contributed by atoms with Crippen LogP contribution in [0.25, 0.3) is 11.3 Å². The fourth-order valence-corrected chi connectivity index (χ4v) is 5.30. The van der Waals surface area contributed by atoms with E-state index in [9.17, 15) is 4.39 Å². The van der Waals surface area contributed by atoms with Crippen LogP contribution in [0.2, 0.25) is 0 Å². The molecule has 0 saturated carbocycles. The van der Waals surface area contributed by atoms with Gasteiger partial charge >= 0.3 is 0 Å². The van der Waals surface area contributed by atoms with Gasteiger partial charge in [-0.05, 0) is 69.5 Å². The first-order chi connectivity index (χ1) is 17.9. The van der Waals surface area contributed by atoms with Crippen LogP contribution >= 0.6 is 0 Å². The fourth-order valence-electron chi connectivity index (χ4n) is 5.30. The Balaban J connectivity index is 1.40. The quantitative estimate of drug-likeness (QED) is 0.514. The molecule has 1 aromatic carbocycles. The van der Waals surface area contributed by atoms with E-state index in [0.717, 1.165) is 73.4 Å². The molecule has 0 aliphatic carbocycles. The molecule has 196 valence electrons. The van der Waals surface area contributed by atoms with Gasteiger partial charge in [-0.1, -0.05) is 0 Å². The highest BCUT2D eigenvalue weighted by Gasteiger charge is 2.29. The van der Waals surface area contributed by atoms with Gasteiger partial charge in [0.2, 0.25) is 5.95 Å². The summed E-state index contributed by atoms with van der Waals surface area (Å²) in [7, 11) is 0. The zero-order valence-electron chi connectivity index (χ0n) is 21.8. The fraction of sp³-hybridized carbons (Fsp3) is 0.464. The third-order valence-electron chi connectivity index (χ3n) is 7.26. The molecule has 8 nitrogen and oxygen atoms in total. The molecule has 3 aromatic rings. The SMILES string of the molecule is Cc1cc(OCCO)cnc1N1CCN(c2cc(-c3ccc(F)cc3)nc(N3CCC[C@H]3C)n2)[C@H](C)C1. The first kappa shape index (κ1) is 25.2. The number of aliphatic hydroxyl groups is 1. The third kappa shape index (κ3) is 5.46. The van der Waals surface area contributed by atoms with Crippen molar-refractivity contribution in [1.29, 1.82) is 0 Å². The molecular formula is C28H35FN6O2. The molecule has 0 bridgehead atoms. The average molecular weight is 507 g/mol. The highest BCUT2D eigenvalue weighted by molar-refractivity contribution is 5.66. The molecule has 0 amide bonds. The van der Waals surface area contributed by atoms with Crippen molar-refractivity contribution in [2.45, 2.75) is 45.7 Å². The molecule has 2 saturated heterocycles. The van der Waals surface area contributed by atoms with Crippen molar-refractivity contribution < 1.29 is 14.2 Å². The highest BCUT2D eigenvalue weighted by Crippen LogP contribution is 2.31. The molecule has 1 N–H and O–H groups in total. The third-order valence-corrected chi connectivity index (χ3v) is 7.26.